The first kappa shape index (κ1) is 27.4. The van der Waals surface area contributed by atoms with E-state index in [-0.39, 0.29) is 38.9 Å². The van der Waals surface area contributed by atoms with Crippen LogP contribution in [-0.4, -0.2) is 29.9 Å². The molecule has 37 heavy (non-hydrogen) atoms. The second kappa shape index (κ2) is 8.42. The minimum Gasteiger partial charge on any atom is -0.392 e. The number of aliphatic hydroxyl groups excluding tert-OH is 1. The molecule has 0 aliphatic heterocycles. The molecule has 3 unspecified atom stereocenters. The summed E-state index contributed by atoms with van der Waals surface area (Å²) in [5.74, 6) is 1.48. The Balaban J connectivity index is 1.62. The van der Waals surface area contributed by atoms with Gasteiger partial charge in [0.25, 0.3) is 0 Å². The third kappa shape index (κ3) is 3.35. The lowest BCUT2D eigenvalue weighted by molar-refractivity contribution is -0.206. The van der Waals surface area contributed by atoms with E-state index in [1.807, 2.05) is 6.92 Å². The van der Waals surface area contributed by atoms with E-state index in [1.54, 1.807) is 0 Å². The van der Waals surface area contributed by atoms with Gasteiger partial charge in [0.05, 0.1) is 11.5 Å². The van der Waals surface area contributed by atoms with Crippen molar-refractivity contribution in [3.05, 3.63) is 11.6 Å². The van der Waals surface area contributed by atoms with Crippen LogP contribution in [-0.2, 0) is 9.59 Å². The van der Waals surface area contributed by atoms with Gasteiger partial charge in [0.15, 0.2) is 0 Å². The van der Waals surface area contributed by atoms with Crippen molar-refractivity contribution in [3.63, 3.8) is 0 Å². The van der Waals surface area contributed by atoms with Gasteiger partial charge in [-0.1, -0.05) is 60.1 Å². The van der Waals surface area contributed by atoms with E-state index < -0.39 is 11.5 Å². The largest absolute Gasteiger partial charge is 0.392 e. The first-order valence-electron chi connectivity index (χ1n) is 15.3. The first-order valence-corrected chi connectivity index (χ1v) is 15.3. The minimum absolute atomic E-state index is 0.0443. The molecule has 4 fully saturated rings. The van der Waals surface area contributed by atoms with Crippen LogP contribution in [0.15, 0.2) is 11.6 Å². The van der Waals surface area contributed by atoms with Crippen molar-refractivity contribution in [2.75, 3.05) is 6.54 Å². The summed E-state index contributed by atoms with van der Waals surface area (Å²) >= 11 is 0. The smallest absolute Gasteiger partial charge is 0.229 e. The third-order valence-electron chi connectivity index (χ3n) is 13.9. The number of nitrogens with one attached hydrogen (secondary N) is 1. The maximum Gasteiger partial charge on any atom is 0.229 e. The molecule has 5 rings (SSSR count). The number of hydrogen-bond donors (Lipinski definition) is 2. The highest BCUT2D eigenvalue weighted by Crippen LogP contribution is 2.76. The zero-order valence-corrected chi connectivity index (χ0v) is 24.9. The molecular formula is C33H53NO3. The summed E-state index contributed by atoms with van der Waals surface area (Å²) < 4.78 is 0. The molecule has 208 valence electrons. The second-order valence-corrected chi connectivity index (χ2v) is 15.8. The molecule has 1 amide bonds. The zero-order valence-electron chi connectivity index (χ0n) is 24.9. The fourth-order valence-electron chi connectivity index (χ4n) is 11.2. The Morgan fingerprint density at radius 1 is 1.03 bits per heavy atom. The fourth-order valence-corrected chi connectivity index (χ4v) is 11.2. The van der Waals surface area contributed by atoms with Crippen molar-refractivity contribution >= 4 is 12.2 Å². The van der Waals surface area contributed by atoms with E-state index in [4.69, 9.17) is 0 Å². The molecule has 4 heteroatoms. The number of aliphatic hydroxyl groups is 1. The van der Waals surface area contributed by atoms with Crippen LogP contribution in [0.2, 0.25) is 0 Å². The number of amides is 1. The molecule has 10 atom stereocenters. The molecule has 5 aliphatic rings. The van der Waals surface area contributed by atoms with Gasteiger partial charge in [-0.05, 0) is 110 Å². The predicted molar refractivity (Wildman–Crippen MR) is 149 cm³/mol. The van der Waals surface area contributed by atoms with Crippen LogP contribution in [0.3, 0.4) is 0 Å². The average molecular weight is 512 g/mol. The molecule has 0 aromatic heterocycles. The van der Waals surface area contributed by atoms with E-state index in [9.17, 15) is 14.7 Å². The molecule has 0 bridgehead atoms. The molecule has 0 spiro atoms. The van der Waals surface area contributed by atoms with Gasteiger partial charge in [-0.15, -0.1) is 0 Å². The van der Waals surface area contributed by atoms with Gasteiger partial charge in [-0.2, -0.15) is 0 Å². The summed E-state index contributed by atoms with van der Waals surface area (Å²) in [6.07, 6.45) is 12.1. The molecule has 2 N–H and O–H groups in total. The highest BCUT2D eigenvalue weighted by Gasteiger charge is 2.71. The highest BCUT2D eigenvalue weighted by atomic mass is 16.3. The molecular weight excluding hydrogens is 458 g/mol. The molecule has 0 radical (unpaired) electrons. The highest BCUT2D eigenvalue weighted by molar-refractivity contribution is 5.85. The van der Waals surface area contributed by atoms with Gasteiger partial charge < -0.3 is 15.2 Å². The second-order valence-electron chi connectivity index (χ2n) is 15.8. The van der Waals surface area contributed by atoms with E-state index in [2.05, 4.69) is 59.9 Å². The summed E-state index contributed by atoms with van der Waals surface area (Å²) in [4.78, 5) is 26.3. The van der Waals surface area contributed by atoms with Gasteiger partial charge in [0.2, 0.25) is 5.91 Å². The van der Waals surface area contributed by atoms with Gasteiger partial charge >= 0.3 is 0 Å². The van der Waals surface area contributed by atoms with Crippen molar-refractivity contribution < 1.29 is 14.7 Å². The van der Waals surface area contributed by atoms with Crippen LogP contribution >= 0.6 is 0 Å². The molecule has 4 saturated carbocycles. The molecule has 4 nitrogen and oxygen atoms in total. The maximum absolute atomic E-state index is 13.8. The summed E-state index contributed by atoms with van der Waals surface area (Å²) in [5, 5.41) is 15.2. The summed E-state index contributed by atoms with van der Waals surface area (Å²) in [6, 6.07) is 0. The topological polar surface area (TPSA) is 66.4 Å². The Hall–Kier alpha value is -1.16. The Bertz CT molecular complexity index is 1000. The van der Waals surface area contributed by atoms with Gasteiger partial charge in [0.1, 0.15) is 6.29 Å². The molecule has 5 aliphatic carbocycles. The standard InChI is InChI=1S/C33H53NO3/c1-9-34-27(37)33-17-16-28(3,4)18-23(33)22-10-11-25-29(5)14-12-21(2)30(6,20-35)24(29)13-15-31(25,7)32(22,8)19-26(33)36/h10,20-21,23-26,36H,9,11-19H2,1-8H3,(H,34,37)/t21-,23?,24+,25?,26-,29?,30-,31+,32+,33+/m0/s1. The number of rotatable bonds is 3. The Labute approximate surface area is 225 Å². The quantitative estimate of drug-likeness (QED) is 0.327. The predicted octanol–water partition coefficient (Wildman–Crippen LogP) is 6.71. The van der Waals surface area contributed by atoms with E-state index in [1.165, 1.54) is 18.3 Å². The van der Waals surface area contributed by atoms with Crippen LogP contribution in [0.25, 0.3) is 0 Å². The number of carbonyl (C=O) groups excluding carboxylic acids is 2. The van der Waals surface area contributed by atoms with Crippen LogP contribution in [0.4, 0.5) is 0 Å². The third-order valence-corrected chi connectivity index (χ3v) is 13.9. The maximum atomic E-state index is 13.8. The van der Waals surface area contributed by atoms with E-state index in [0.717, 1.165) is 44.9 Å². The fraction of sp³-hybridized carbons (Fsp3) is 0.879. The SMILES string of the molecule is CCNC(=O)[C@]12CCC(C)(C)CC1C1=CCC3C4(C)CC[C@H](C)[C@](C)(C=O)[C@@H]4CC[C@@]3(C)[C@]1(C)C[C@@H]2O. The van der Waals surface area contributed by atoms with Gasteiger partial charge in [-0.25, -0.2) is 0 Å². The summed E-state index contributed by atoms with van der Waals surface area (Å²) in [6.45, 7) is 19.2. The van der Waals surface area contributed by atoms with E-state index >= 15 is 0 Å². The summed E-state index contributed by atoms with van der Waals surface area (Å²) in [5.41, 5.74) is 0.682. The lowest BCUT2D eigenvalue weighted by Gasteiger charge is -2.71. The molecule has 0 aromatic carbocycles. The Kier molecular flexibility index (Phi) is 6.24. The molecule has 0 saturated heterocycles. The monoisotopic (exact) mass is 511 g/mol. The summed E-state index contributed by atoms with van der Waals surface area (Å²) in [7, 11) is 0. The number of carbonyl (C=O) groups is 2. The zero-order chi connectivity index (χ0) is 27.2. The van der Waals surface area contributed by atoms with E-state index in [0.29, 0.717) is 30.7 Å². The van der Waals surface area contributed by atoms with Crippen molar-refractivity contribution in [1.82, 2.24) is 5.32 Å². The van der Waals surface area contributed by atoms with Crippen LogP contribution in [0, 0.1) is 56.2 Å². The van der Waals surface area contributed by atoms with Crippen molar-refractivity contribution in [3.8, 4) is 0 Å². The molecule has 0 heterocycles. The average Bonchev–Trinajstić information content (AvgIpc) is 2.82. The van der Waals surface area contributed by atoms with Crippen LogP contribution in [0.5, 0.6) is 0 Å². The van der Waals surface area contributed by atoms with Crippen molar-refractivity contribution in [1.29, 1.82) is 0 Å². The van der Waals surface area contributed by atoms with Gasteiger partial charge in [0, 0.05) is 12.0 Å². The van der Waals surface area contributed by atoms with Crippen LogP contribution in [0.1, 0.15) is 113 Å². The first-order chi connectivity index (χ1) is 17.2. The number of aldehydes is 1. The van der Waals surface area contributed by atoms with Crippen molar-refractivity contribution in [2.45, 2.75) is 119 Å². The minimum atomic E-state index is -0.711. The Morgan fingerprint density at radius 2 is 1.73 bits per heavy atom. The lowest BCUT2D eigenvalue weighted by Crippen LogP contribution is -2.68. The number of hydrogen-bond acceptors (Lipinski definition) is 3. The lowest BCUT2D eigenvalue weighted by atomic mass is 9.33. The molecule has 0 aromatic rings. The van der Waals surface area contributed by atoms with Gasteiger partial charge in [-0.3, -0.25) is 4.79 Å². The van der Waals surface area contributed by atoms with Crippen molar-refractivity contribution in [2.24, 2.45) is 56.2 Å². The number of allylic oxidation sites excluding steroid dienone is 2. The Morgan fingerprint density at radius 3 is 2.38 bits per heavy atom. The normalized spacial score (nSPS) is 52.5. The van der Waals surface area contributed by atoms with Crippen LogP contribution < -0.4 is 5.32 Å². The number of fused-ring (bicyclic) bond motifs is 7.